The van der Waals surface area contributed by atoms with Crippen molar-refractivity contribution in [2.24, 2.45) is 0 Å². The number of ether oxygens (including phenoxy) is 1. The molecule has 1 aliphatic carbocycles. The van der Waals surface area contributed by atoms with Crippen LogP contribution in [0, 0.1) is 11.3 Å². The van der Waals surface area contributed by atoms with Gasteiger partial charge in [-0.3, -0.25) is 0 Å². The Morgan fingerprint density at radius 3 is 2.56 bits per heavy atom. The third-order valence-corrected chi connectivity index (χ3v) is 2.85. The first-order valence-electron chi connectivity index (χ1n) is 5.61. The molecule has 0 spiro atoms. The molecule has 0 unspecified atom stereocenters. The summed E-state index contributed by atoms with van der Waals surface area (Å²) in [5, 5.41) is 8.75. The van der Waals surface area contributed by atoms with Gasteiger partial charge in [0.15, 0.2) is 0 Å². The summed E-state index contributed by atoms with van der Waals surface area (Å²) in [6, 6.07) is 10.6. The van der Waals surface area contributed by atoms with Crippen molar-refractivity contribution in [2.45, 2.75) is 18.9 Å². The van der Waals surface area contributed by atoms with E-state index in [4.69, 9.17) is 10.00 Å². The van der Waals surface area contributed by atoms with Crippen LogP contribution >= 0.6 is 0 Å². The largest absolute Gasteiger partial charge is 0.383 e. The van der Waals surface area contributed by atoms with E-state index in [2.05, 4.69) is 11.0 Å². The molecular formula is C13H16N2O. The van der Waals surface area contributed by atoms with Crippen molar-refractivity contribution in [1.29, 1.82) is 5.26 Å². The number of benzene rings is 1. The lowest BCUT2D eigenvalue weighted by atomic mass is 10.2. The van der Waals surface area contributed by atoms with Crippen LogP contribution in [-0.4, -0.2) is 26.3 Å². The van der Waals surface area contributed by atoms with Crippen LogP contribution in [0.2, 0.25) is 0 Å². The molecular weight excluding hydrogens is 200 g/mol. The van der Waals surface area contributed by atoms with Crippen LogP contribution in [0.3, 0.4) is 0 Å². The standard InChI is InChI=1S/C13H16N2O/c1-16-9-8-15(13-6-7-13)12-4-2-11(10-14)3-5-12/h2-5,13H,6-9H2,1H3. The van der Waals surface area contributed by atoms with E-state index in [-0.39, 0.29) is 0 Å². The molecule has 0 saturated heterocycles. The van der Waals surface area contributed by atoms with Gasteiger partial charge in [-0.15, -0.1) is 0 Å². The van der Waals surface area contributed by atoms with Crippen molar-refractivity contribution in [3.05, 3.63) is 29.8 Å². The Kier molecular flexibility index (Phi) is 3.43. The van der Waals surface area contributed by atoms with Crippen molar-refractivity contribution >= 4 is 5.69 Å². The third kappa shape index (κ3) is 2.53. The summed E-state index contributed by atoms with van der Waals surface area (Å²) >= 11 is 0. The zero-order chi connectivity index (χ0) is 11.4. The fourth-order valence-corrected chi connectivity index (χ4v) is 1.83. The molecule has 2 rings (SSSR count). The van der Waals surface area contributed by atoms with Crippen molar-refractivity contribution in [1.82, 2.24) is 0 Å². The number of anilines is 1. The van der Waals surface area contributed by atoms with Gasteiger partial charge in [0.05, 0.1) is 18.2 Å². The van der Waals surface area contributed by atoms with Crippen molar-refractivity contribution < 1.29 is 4.74 Å². The van der Waals surface area contributed by atoms with E-state index in [1.165, 1.54) is 18.5 Å². The average Bonchev–Trinajstić information content (AvgIpc) is 3.15. The Morgan fingerprint density at radius 1 is 1.38 bits per heavy atom. The lowest BCUT2D eigenvalue weighted by Crippen LogP contribution is -2.29. The summed E-state index contributed by atoms with van der Waals surface area (Å²) in [6.07, 6.45) is 2.54. The quantitative estimate of drug-likeness (QED) is 0.756. The van der Waals surface area contributed by atoms with Gasteiger partial charge >= 0.3 is 0 Å². The Morgan fingerprint density at radius 2 is 2.06 bits per heavy atom. The topological polar surface area (TPSA) is 36.3 Å². The van der Waals surface area contributed by atoms with Gasteiger partial charge < -0.3 is 9.64 Å². The monoisotopic (exact) mass is 216 g/mol. The molecule has 0 heterocycles. The first-order chi connectivity index (χ1) is 7.85. The van der Waals surface area contributed by atoms with Crippen molar-refractivity contribution in [3.8, 4) is 6.07 Å². The van der Waals surface area contributed by atoms with Crippen LogP contribution in [0.1, 0.15) is 18.4 Å². The first kappa shape index (κ1) is 11.0. The van der Waals surface area contributed by atoms with Crippen LogP contribution in [0.5, 0.6) is 0 Å². The highest BCUT2D eigenvalue weighted by atomic mass is 16.5. The van der Waals surface area contributed by atoms with Gasteiger partial charge in [-0.1, -0.05) is 0 Å². The maximum absolute atomic E-state index is 8.75. The Hall–Kier alpha value is -1.53. The third-order valence-electron chi connectivity index (χ3n) is 2.85. The van der Waals surface area contributed by atoms with Gasteiger partial charge in [-0.25, -0.2) is 0 Å². The van der Waals surface area contributed by atoms with Crippen LogP contribution in [0.25, 0.3) is 0 Å². The number of nitrogens with zero attached hydrogens (tertiary/aromatic N) is 2. The van der Waals surface area contributed by atoms with Crippen LogP contribution in [0.4, 0.5) is 5.69 Å². The van der Waals surface area contributed by atoms with E-state index in [9.17, 15) is 0 Å². The molecule has 0 radical (unpaired) electrons. The summed E-state index contributed by atoms with van der Waals surface area (Å²) in [6.45, 7) is 1.67. The predicted octanol–water partition coefficient (Wildman–Crippen LogP) is 2.17. The maximum atomic E-state index is 8.75. The predicted molar refractivity (Wildman–Crippen MR) is 63.4 cm³/mol. The van der Waals surface area contributed by atoms with E-state index >= 15 is 0 Å². The summed E-state index contributed by atoms with van der Waals surface area (Å²) in [4.78, 5) is 2.37. The van der Waals surface area contributed by atoms with Crippen LogP contribution in [-0.2, 0) is 4.74 Å². The molecule has 0 bridgehead atoms. The lowest BCUT2D eigenvalue weighted by molar-refractivity contribution is 0.205. The molecule has 1 fully saturated rings. The second-order valence-corrected chi connectivity index (χ2v) is 4.08. The van der Waals surface area contributed by atoms with E-state index in [0.29, 0.717) is 11.6 Å². The lowest BCUT2D eigenvalue weighted by Gasteiger charge is -2.24. The molecule has 1 aromatic carbocycles. The second-order valence-electron chi connectivity index (χ2n) is 4.08. The van der Waals surface area contributed by atoms with Gasteiger partial charge in [0, 0.05) is 25.4 Å². The van der Waals surface area contributed by atoms with Crippen LogP contribution in [0.15, 0.2) is 24.3 Å². The fourth-order valence-electron chi connectivity index (χ4n) is 1.83. The fraction of sp³-hybridized carbons (Fsp3) is 0.462. The Labute approximate surface area is 96.2 Å². The molecule has 0 amide bonds. The normalized spacial score (nSPS) is 14.5. The molecule has 3 nitrogen and oxygen atoms in total. The van der Waals surface area contributed by atoms with Crippen LogP contribution < -0.4 is 4.90 Å². The van der Waals surface area contributed by atoms with E-state index in [0.717, 1.165) is 13.2 Å². The molecule has 0 aromatic heterocycles. The molecule has 0 atom stereocenters. The zero-order valence-electron chi connectivity index (χ0n) is 9.52. The molecule has 84 valence electrons. The molecule has 1 saturated carbocycles. The number of methoxy groups -OCH3 is 1. The summed E-state index contributed by atoms with van der Waals surface area (Å²) in [5.41, 5.74) is 1.91. The van der Waals surface area contributed by atoms with Gasteiger partial charge in [-0.2, -0.15) is 5.26 Å². The van der Waals surface area contributed by atoms with Gasteiger partial charge in [0.1, 0.15) is 0 Å². The van der Waals surface area contributed by atoms with E-state index in [1.54, 1.807) is 7.11 Å². The first-order valence-corrected chi connectivity index (χ1v) is 5.61. The second kappa shape index (κ2) is 5.00. The molecule has 1 aliphatic rings. The number of nitriles is 1. The molecule has 1 aromatic rings. The Bertz CT molecular complexity index is 376. The minimum absolute atomic E-state index is 0.670. The highest BCUT2D eigenvalue weighted by Crippen LogP contribution is 2.31. The van der Waals surface area contributed by atoms with Gasteiger partial charge in [0.25, 0.3) is 0 Å². The summed E-state index contributed by atoms with van der Waals surface area (Å²) < 4.78 is 5.12. The smallest absolute Gasteiger partial charge is 0.0991 e. The van der Waals surface area contributed by atoms with Crippen molar-refractivity contribution in [3.63, 3.8) is 0 Å². The zero-order valence-corrected chi connectivity index (χ0v) is 9.52. The molecule has 0 aliphatic heterocycles. The van der Waals surface area contributed by atoms with Gasteiger partial charge in [-0.05, 0) is 37.1 Å². The number of rotatable bonds is 5. The molecule has 0 N–H and O–H groups in total. The summed E-state index contributed by atoms with van der Waals surface area (Å²) in [7, 11) is 1.73. The van der Waals surface area contributed by atoms with Crippen molar-refractivity contribution in [2.75, 3.05) is 25.2 Å². The van der Waals surface area contributed by atoms with E-state index < -0.39 is 0 Å². The maximum Gasteiger partial charge on any atom is 0.0991 e. The highest BCUT2D eigenvalue weighted by Gasteiger charge is 2.28. The molecule has 3 heteroatoms. The minimum atomic E-state index is 0.670. The average molecular weight is 216 g/mol. The van der Waals surface area contributed by atoms with Gasteiger partial charge in [0.2, 0.25) is 0 Å². The Balaban J connectivity index is 2.08. The SMILES string of the molecule is COCCN(c1ccc(C#N)cc1)C1CC1. The molecule has 16 heavy (non-hydrogen) atoms. The summed E-state index contributed by atoms with van der Waals surface area (Å²) in [5.74, 6) is 0. The number of hydrogen-bond donors (Lipinski definition) is 0. The number of hydrogen-bond acceptors (Lipinski definition) is 3. The van der Waals surface area contributed by atoms with E-state index in [1.807, 2.05) is 24.3 Å². The minimum Gasteiger partial charge on any atom is -0.383 e. The highest BCUT2D eigenvalue weighted by molar-refractivity contribution is 5.51.